The highest BCUT2D eigenvalue weighted by Gasteiger charge is 2.45. The molecule has 4 rings (SSSR count). The summed E-state index contributed by atoms with van der Waals surface area (Å²) in [5, 5.41) is 3.10. The smallest absolute Gasteiger partial charge is 0.252 e. The summed E-state index contributed by atoms with van der Waals surface area (Å²) in [6.45, 7) is 3.93. The van der Waals surface area contributed by atoms with Crippen molar-refractivity contribution in [2.75, 3.05) is 13.6 Å². The molecule has 1 N–H and O–H groups in total. The molecule has 2 aliphatic rings. The van der Waals surface area contributed by atoms with Crippen LogP contribution in [0.25, 0.3) is 0 Å². The molecule has 174 valence electrons. The molecule has 7 nitrogen and oxygen atoms in total. The Morgan fingerprint density at radius 2 is 1.88 bits per heavy atom. The molecule has 3 amide bonds. The van der Waals surface area contributed by atoms with Gasteiger partial charge in [0, 0.05) is 19.0 Å². The highest BCUT2D eigenvalue weighted by molar-refractivity contribution is 6.32. The number of likely N-dealkylation sites (N-methyl/N-ethyl adjacent to an activating group) is 1. The summed E-state index contributed by atoms with van der Waals surface area (Å²) in [4.78, 5) is 42.2. The number of nitrogens with one attached hydrogen (secondary N) is 1. The second kappa shape index (κ2) is 9.43. The topological polar surface area (TPSA) is 79.0 Å². The lowest BCUT2D eigenvalue weighted by atomic mass is 9.85. The fraction of sp³-hybridized carbons (Fsp3) is 0.400. The first-order valence-electron chi connectivity index (χ1n) is 11.1. The fourth-order valence-electron chi connectivity index (χ4n) is 4.54. The number of carbonyl (C=O) groups excluding carboxylic acids is 3. The summed E-state index contributed by atoms with van der Waals surface area (Å²) in [6.07, 6.45) is 0.690. The Hall–Kier alpha value is -3.06. The van der Waals surface area contributed by atoms with Crippen LogP contribution in [0.3, 0.4) is 0 Å². The molecule has 0 radical (unpaired) electrons. The average Bonchev–Trinajstić information content (AvgIpc) is 2.79. The molecule has 0 saturated carbocycles. The van der Waals surface area contributed by atoms with E-state index >= 15 is 0 Å². The van der Waals surface area contributed by atoms with E-state index < -0.39 is 11.9 Å². The SMILES string of the molecule is CC(C)Oc1ccc(C(=O)N[C@H]2CN3C(=O)CC(c4ccccc4)CC3N(C)C2=O)cc1Cl. The molecule has 2 aromatic rings. The number of nitrogens with zero attached hydrogens (tertiary/aromatic N) is 2. The Morgan fingerprint density at radius 1 is 1.15 bits per heavy atom. The highest BCUT2D eigenvalue weighted by atomic mass is 35.5. The number of hydrogen-bond donors (Lipinski definition) is 1. The molecule has 2 fully saturated rings. The van der Waals surface area contributed by atoms with E-state index in [1.54, 1.807) is 29.0 Å². The number of fused-ring (bicyclic) bond motifs is 1. The fourth-order valence-corrected chi connectivity index (χ4v) is 4.76. The molecule has 3 atom stereocenters. The Kier molecular flexibility index (Phi) is 6.61. The van der Waals surface area contributed by atoms with E-state index in [2.05, 4.69) is 5.32 Å². The van der Waals surface area contributed by atoms with Crippen molar-refractivity contribution >= 4 is 29.3 Å². The number of benzene rings is 2. The van der Waals surface area contributed by atoms with Crippen molar-refractivity contribution in [2.45, 2.75) is 50.9 Å². The van der Waals surface area contributed by atoms with E-state index in [0.29, 0.717) is 29.2 Å². The predicted octanol–water partition coefficient (Wildman–Crippen LogP) is 3.43. The van der Waals surface area contributed by atoms with Crippen LogP contribution in [-0.2, 0) is 9.59 Å². The molecular formula is C25H28ClN3O4. The number of ether oxygens (including phenoxy) is 1. The number of amides is 3. The number of halogens is 1. The summed E-state index contributed by atoms with van der Waals surface area (Å²) < 4.78 is 5.60. The summed E-state index contributed by atoms with van der Waals surface area (Å²) in [5.74, 6) is -0.0970. The van der Waals surface area contributed by atoms with Gasteiger partial charge in [0.15, 0.2) is 0 Å². The van der Waals surface area contributed by atoms with Gasteiger partial charge in [0.05, 0.1) is 17.7 Å². The summed E-state index contributed by atoms with van der Waals surface area (Å²) >= 11 is 6.25. The van der Waals surface area contributed by atoms with Crippen molar-refractivity contribution in [3.05, 3.63) is 64.7 Å². The molecule has 2 aromatic carbocycles. The van der Waals surface area contributed by atoms with E-state index in [4.69, 9.17) is 16.3 Å². The molecular weight excluding hydrogens is 442 g/mol. The predicted molar refractivity (Wildman–Crippen MR) is 125 cm³/mol. The van der Waals surface area contributed by atoms with Gasteiger partial charge in [0.25, 0.3) is 5.91 Å². The van der Waals surface area contributed by atoms with Crippen LogP contribution in [0.2, 0.25) is 5.02 Å². The minimum absolute atomic E-state index is 0.0167. The minimum atomic E-state index is -0.818. The maximum atomic E-state index is 13.1. The normalized spacial score (nSPS) is 22.9. The monoisotopic (exact) mass is 469 g/mol. The van der Waals surface area contributed by atoms with E-state index in [9.17, 15) is 14.4 Å². The quantitative estimate of drug-likeness (QED) is 0.727. The molecule has 0 aromatic heterocycles. The largest absolute Gasteiger partial charge is 0.489 e. The van der Waals surface area contributed by atoms with Gasteiger partial charge in [-0.3, -0.25) is 14.4 Å². The van der Waals surface area contributed by atoms with Crippen molar-refractivity contribution in [1.82, 2.24) is 15.1 Å². The lowest BCUT2D eigenvalue weighted by Crippen LogP contribution is -2.67. The standard InChI is InChI=1S/C25H28ClN3O4/c1-15(2)33-21-10-9-17(11-19(21)26)24(31)27-20-14-29-22(28(3)25(20)32)12-18(13-23(29)30)16-7-5-4-6-8-16/h4-11,15,18,20,22H,12-14H2,1-3H3,(H,27,31)/t18?,20-,22?/m0/s1. The molecule has 0 aliphatic carbocycles. The van der Waals surface area contributed by atoms with Crippen LogP contribution in [0.15, 0.2) is 48.5 Å². The lowest BCUT2D eigenvalue weighted by molar-refractivity contribution is -0.159. The third-order valence-electron chi connectivity index (χ3n) is 6.20. The maximum Gasteiger partial charge on any atom is 0.252 e. The van der Waals surface area contributed by atoms with Crippen molar-refractivity contribution in [2.24, 2.45) is 0 Å². The first kappa shape index (κ1) is 23.1. The van der Waals surface area contributed by atoms with Gasteiger partial charge in [0.1, 0.15) is 18.0 Å². The van der Waals surface area contributed by atoms with Crippen LogP contribution >= 0.6 is 11.6 Å². The zero-order chi connectivity index (χ0) is 23.7. The Balaban J connectivity index is 1.46. The van der Waals surface area contributed by atoms with Gasteiger partial charge < -0.3 is 19.9 Å². The third-order valence-corrected chi connectivity index (χ3v) is 6.50. The van der Waals surface area contributed by atoms with Gasteiger partial charge in [-0.2, -0.15) is 0 Å². The summed E-state index contributed by atoms with van der Waals surface area (Å²) in [5.41, 5.74) is 1.42. The number of rotatable bonds is 5. The second-order valence-corrected chi connectivity index (χ2v) is 9.27. The molecule has 0 bridgehead atoms. The van der Waals surface area contributed by atoms with Gasteiger partial charge in [-0.25, -0.2) is 0 Å². The van der Waals surface area contributed by atoms with Crippen LogP contribution in [-0.4, -0.2) is 59.4 Å². The van der Waals surface area contributed by atoms with Crippen molar-refractivity contribution in [3.8, 4) is 5.75 Å². The summed E-state index contributed by atoms with van der Waals surface area (Å²) in [7, 11) is 1.69. The van der Waals surface area contributed by atoms with Gasteiger partial charge in [-0.1, -0.05) is 41.9 Å². The highest BCUT2D eigenvalue weighted by Crippen LogP contribution is 2.35. The van der Waals surface area contributed by atoms with Gasteiger partial charge in [0.2, 0.25) is 11.8 Å². The van der Waals surface area contributed by atoms with Crippen LogP contribution in [0.4, 0.5) is 0 Å². The van der Waals surface area contributed by atoms with E-state index in [-0.39, 0.29) is 36.5 Å². The molecule has 0 spiro atoms. The molecule has 2 unspecified atom stereocenters. The molecule has 8 heteroatoms. The van der Waals surface area contributed by atoms with Crippen LogP contribution in [0.5, 0.6) is 5.75 Å². The number of piperidine rings is 1. The van der Waals surface area contributed by atoms with Gasteiger partial charge in [-0.05, 0) is 49.9 Å². The third kappa shape index (κ3) is 4.83. The van der Waals surface area contributed by atoms with E-state index in [1.165, 1.54) is 6.07 Å². The molecule has 2 saturated heterocycles. The average molecular weight is 470 g/mol. The van der Waals surface area contributed by atoms with Crippen molar-refractivity contribution in [3.63, 3.8) is 0 Å². The first-order valence-corrected chi connectivity index (χ1v) is 11.5. The first-order chi connectivity index (χ1) is 15.7. The van der Waals surface area contributed by atoms with Crippen LogP contribution < -0.4 is 10.1 Å². The van der Waals surface area contributed by atoms with Crippen LogP contribution in [0, 0.1) is 0 Å². The molecule has 2 aliphatic heterocycles. The molecule has 33 heavy (non-hydrogen) atoms. The maximum absolute atomic E-state index is 13.1. The van der Waals surface area contributed by atoms with Crippen LogP contribution in [0.1, 0.15) is 48.5 Å². The van der Waals surface area contributed by atoms with Crippen molar-refractivity contribution < 1.29 is 19.1 Å². The Labute approximate surface area is 198 Å². The number of carbonyl (C=O) groups is 3. The minimum Gasteiger partial charge on any atom is -0.489 e. The zero-order valence-corrected chi connectivity index (χ0v) is 19.7. The Morgan fingerprint density at radius 3 is 2.55 bits per heavy atom. The summed E-state index contributed by atoms with van der Waals surface area (Å²) in [6, 6.07) is 13.8. The number of hydrogen-bond acceptors (Lipinski definition) is 4. The second-order valence-electron chi connectivity index (χ2n) is 8.86. The van der Waals surface area contributed by atoms with E-state index in [0.717, 1.165) is 5.56 Å². The van der Waals surface area contributed by atoms with Gasteiger partial charge >= 0.3 is 0 Å². The molecule has 2 heterocycles. The van der Waals surface area contributed by atoms with E-state index in [1.807, 2.05) is 44.2 Å². The zero-order valence-electron chi connectivity index (χ0n) is 19.0. The Bertz CT molecular complexity index is 1060. The lowest BCUT2D eigenvalue weighted by Gasteiger charge is -2.49. The van der Waals surface area contributed by atoms with Crippen molar-refractivity contribution in [1.29, 1.82) is 0 Å². The van der Waals surface area contributed by atoms with Gasteiger partial charge in [-0.15, -0.1) is 0 Å².